The molecule has 0 aliphatic heterocycles. The maximum Gasteiger partial charge on any atom is 0.326 e. The number of rotatable bonds is 34. The molecule has 450 valence electrons. The van der Waals surface area contributed by atoms with Crippen LogP contribution in [0.5, 0.6) is 0 Å². The Morgan fingerprint density at radius 1 is 0.585 bits per heavy atom. The lowest BCUT2D eigenvalue weighted by Crippen LogP contribution is -2.64. The first-order valence-electron chi connectivity index (χ1n) is 28.0. The van der Waals surface area contributed by atoms with Gasteiger partial charge < -0.3 is 53.0 Å². The van der Waals surface area contributed by atoms with E-state index in [1.165, 1.54) is 25.6 Å². The number of benzene rings is 2. The van der Waals surface area contributed by atoms with E-state index in [0.29, 0.717) is 48.2 Å². The molecule has 0 radical (unpaired) electrons. The third-order valence-electron chi connectivity index (χ3n) is 13.1. The Labute approximate surface area is 481 Å². The van der Waals surface area contributed by atoms with Crippen molar-refractivity contribution in [2.45, 2.75) is 176 Å². The smallest absolute Gasteiger partial charge is 0.326 e. The van der Waals surface area contributed by atoms with Crippen LogP contribution in [0.3, 0.4) is 0 Å². The van der Waals surface area contributed by atoms with Crippen molar-refractivity contribution in [1.29, 1.82) is 0 Å². The van der Waals surface area contributed by atoms with Crippen LogP contribution < -0.4 is 47.9 Å². The van der Waals surface area contributed by atoms with E-state index in [1.54, 1.807) is 72.7 Å². The van der Waals surface area contributed by atoms with Crippen molar-refractivity contribution < 1.29 is 53.1 Å². The molecule has 6 atom stereocenters. The molecule has 0 fully saturated rings. The van der Waals surface area contributed by atoms with Crippen LogP contribution in [0.4, 0.5) is 0 Å². The molecule has 82 heavy (non-hydrogen) atoms. The fraction of sp³-hybridized carbons (Fsp3) is 0.569. The molecular formula is C58H87N13O11. The molecule has 0 saturated heterocycles. The SMILES string of the molecule is C=C(C)C(=O)NCCCC[C@H](NC(=O)[C@@H](NC(C)=O)C(C)C)C(=O)N[C@@H](CC(C)C)C(=O)NC(C)(C)C(=O)N[C@H](C(=O)N[C@@H](CCCCNC(=O)c1ccc(-c2nnn(-c3ccccc3)n2)cc1)C(=O)N[C@@H](CC(C)C)C(=O)O)C(C)C. The minimum atomic E-state index is -1.70. The summed E-state index contributed by atoms with van der Waals surface area (Å²) in [7, 11) is 0. The number of para-hydroxylation sites is 1. The zero-order valence-corrected chi connectivity index (χ0v) is 49.6. The van der Waals surface area contributed by atoms with E-state index in [-0.39, 0.29) is 68.3 Å². The van der Waals surface area contributed by atoms with Gasteiger partial charge in [0.2, 0.25) is 53.1 Å². The number of carbonyl (C=O) groups is 10. The van der Waals surface area contributed by atoms with Crippen molar-refractivity contribution in [1.82, 2.24) is 68.1 Å². The monoisotopic (exact) mass is 1140 g/mol. The zero-order valence-electron chi connectivity index (χ0n) is 49.6. The molecule has 24 heteroatoms. The van der Waals surface area contributed by atoms with Crippen LogP contribution in [0, 0.1) is 23.7 Å². The van der Waals surface area contributed by atoms with Crippen LogP contribution in [-0.2, 0) is 43.2 Å². The minimum Gasteiger partial charge on any atom is -0.480 e. The van der Waals surface area contributed by atoms with Gasteiger partial charge in [0, 0.05) is 36.7 Å². The fourth-order valence-corrected chi connectivity index (χ4v) is 8.44. The van der Waals surface area contributed by atoms with Gasteiger partial charge in [-0.2, -0.15) is 0 Å². The van der Waals surface area contributed by atoms with Gasteiger partial charge in [0.15, 0.2) is 0 Å². The summed E-state index contributed by atoms with van der Waals surface area (Å²) in [5.41, 5.74) is 0.387. The Morgan fingerprint density at radius 2 is 1.07 bits per heavy atom. The summed E-state index contributed by atoms with van der Waals surface area (Å²) in [5, 5.41) is 47.0. The highest BCUT2D eigenvalue weighted by Crippen LogP contribution is 2.18. The lowest BCUT2D eigenvalue weighted by Gasteiger charge is -2.32. The molecule has 0 unspecified atom stereocenters. The molecule has 0 saturated carbocycles. The average molecular weight is 1140 g/mol. The highest BCUT2D eigenvalue weighted by atomic mass is 16.4. The number of tetrazole rings is 1. The van der Waals surface area contributed by atoms with E-state index >= 15 is 0 Å². The second-order valence-electron chi connectivity index (χ2n) is 22.7. The van der Waals surface area contributed by atoms with Crippen molar-refractivity contribution in [2.75, 3.05) is 13.1 Å². The average Bonchev–Trinajstić information content (AvgIpc) is 3.92. The summed E-state index contributed by atoms with van der Waals surface area (Å²) in [5.74, 6) is -7.54. The Balaban J connectivity index is 1.74. The Bertz CT molecular complexity index is 2670. The van der Waals surface area contributed by atoms with Gasteiger partial charge in [-0.3, -0.25) is 43.2 Å². The third kappa shape index (κ3) is 22.8. The number of aliphatic carboxylic acids is 1. The van der Waals surface area contributed by atoms with Crippen LogP contribution in [-0.4, -0.2) is 139 Å². The number of hydrogen-bond acceptors (Lipinski definition) is 13. The number of amides is 9. The Kier molecular flexibility index (Phi) is 27.5. The number of carboxylic acids is 1. The molecule has 3 rings (SSSR count). The van der Waals surface area contributed by atoms with Crippen LogP contribution in [0.2, 0.25) is 0 Å². The lowest BCUT2D eigenvalue weighted by atomic mass is 9.97. The lowest BCUT2D eigenvalue weighted by molar-refractivity contribution is -0.143. The first kappa shape index (κ1) is 68.2. The second-order valence-corrected chi connectivity index (χ2v) is 22.7. The largest absolute Gasteiger partial charge is 0.480 e. The van der Waals surface area contributed by atoms with Crippen molar-refractivity contribution in [3.63, 3.8) is 0 Å². The molecule has 24 nitrogen and oxygen atoms in total. The number of carboxylic acid groups (broad SMARTS) is 1. The number of unbranched alkanes of at least 4 members (excludes halogenated alkanes) is 2. The minimum absolute atomic E-state index is 0.0297. The highest BCUT2D eigenvalue weighted by Gasteiger charge is 2.38. The van der Waals surface area contributed by atoms with Crippen molar-refractivity contribution >= 4 is 59.1 Å². The van der Waals surface area contributed by atoms with Crippen molar-refractivity contribution in [3.8, 4) is 17.1 Å². The van der Waals surface area contributed by atoms with Crippen LogP contribution in [0.15, 0.2) is 66.7 Å². The summed E-state index contributed by atoms with van der Waals surface area (Å²) in [6, 6.07) is 8.81. The van der Waals surface area contributed by atoms with E-state index in [1.807, 2.05) is 44.2 Å². The molecule has 3 aromatic rings. The van der Waals surface area contributed by atoms with Gasteiger partial charge in [-0.25, -0.2) is 4.79 Å². The van der Waals surface area contributed by atoms with Gasteiger partial charge >= 0.3 is 5.97 Å². The van der Waals surface area contributed by atoms with E-state index in [9.17, 15) is 53.1 Å². The van der Waals surface area contributed by atoms with Gasteiger partial charge in [0.1, 0.15) is 41.8 Å². The van der Waals surface area contributed by atoms with E-state index < -0.39 is 95.0 Å². The molecule has 2 aromatic carbocycles. The zero-order chi connectivity index (χ0) is 61.4. The quantitative estimate of drug-likeness (QED) is 0.0303. The summed E-state index contributed by atoms with van der Waals surface area (Å²) in [6.45, 7) is 23.8. The molecular weight excluding hydrogens is 1050 g/mol. The molecule has 1 aromatic heterocycles. The molecule has 10 N–H and O–H groups in total. The summed E-state index contributed by atoms with van der Waals surface area (Å²) in [6.07, 6.45) is 1.83. The Hall–Kier alpha value is -8.05. The normalized spacial score (nSPS) is 13.6. The summed E-state index contributed by atoms with van der Waals surface area (Å²) in [4.78, 5) is 135. The summed E-state index contributed by atoms with van der Waals surface area (Å²) < 4.78 is 0. The Morgan fingerprint density at radius 3 is 1.56 bits per heavy atom. The number of aromatic nitrogens is 4. The predicted molar refractivity (Wildman–Crippen MR) is 308 cm³/mol. The van der Waals surface area contributed by atoms with Gasteiger partial charge in [0.25, 0.3) is 5.91 Å². The number of hydrogen-bond donors (Lipinski definition) is 10. The second kappa shape index (κ2) is 33.0. The summed E-state index contributed by atoms with van der Waals surface area (Å²) >= 11 is 0. The standard InChI is InChI=1S/C58H87N13O11/c1-33(2)31-44(64-51(75)42(23-17-19-29-59-49(73)37(9)10)62-54(78)46(35(5)6)61-38(11)72)53(77)67-58(12,13)57(82)66-47(36(7)8)55(79)63-43(52(76)65-45(56(80)81)32-34(3)4)24-18-20-30-60-50(74)40-27-25-39(26-28-40)48-68-70-71(69-48)41-21-15-14-16-22-41/h14-16,21-22,25-28,33-36,42-47H,9,17-20,23-24,29-32H2,1-8,10-13H3,(H,59,73)(H,60,74)(H,61,72)(H,62,78)(H,63,79)(H,64,75)(H,65,76)(H,66,82)(H,67,77)(H,80,81)/t42-,43-,44-,45-,46-,47-/m0/s1. The van der Waals surface area contributed by atoms with E-state index in [0.717, 1.165) is 5.69 Å². The molecule has 1 heterocycles. The number of nitrogens with one attached hydrogen (secondary N) is 9. The molecule has 0 spiro atoms. The van der Waals surface area contributed by atoms with Crippen LogP contribution in [0.1, 0.15) is 145 Å². The first-order valence-corrected chi connectivity index (χ1v) is 28.0. The van der Waals surface area contributed by atoms with Crippen LogP contribution >= 0.6 is 0 Å². The van der Waals surface area contributed by atoms with Crippen LogP contribution in [0.25, 0.3) is 17.1 Å². The van der Waals surface area contributed by atoms with Gasteiger partial charge in [0.05, 0.1) is 5.69 Å². The van der Waals surface area contributed by atoms with E-state index in [2.05, 4.69) is 69.8 Å². The topological polar surface area (TPSA) is 343 Å². The van der Waals surface area contributed by atoms with Crippen molar-refractivity contribution in [3.05, 3.63) is 72.3 Å². The van der Waals surface area contributed by atoms with E-state index in [4.69, 9.17) is 0 Å². The highest BCUT2D eigenvalue weighted by molar-refractivity contribution is 5.99. The maximum absolute atomic E-state index is 14.2. The van der Waals surface area contributed by atoms with Gasteiger partial charge in [-0.15, -0.1) is 15.0 Å². The molecule has 9 amide bonds. The molecule has 0 aliphatic carbocycles. The predicted octanol–water partition coefficient (Wildman–Crippen LogP) is 3.40. The third-order valence-corrected chi connectivity index (χ3v) is 13.1. The maximum atomic E-state index is 14.2. The van der Waals surface area contributed by atoms with Gasteiger partial charge in [-0.1, -0.05) is 92.3 Å². The molecule has 0 aliphatic rings. The van der Waals surface area contributed by atoms with Crippen molar-refractivity contribution in [2.24, 2.45) is 23.7 Å². The number of carbonyl (C=O) groups excluding carboxylic acids is 9. The number of nitrogens with zero attached hydrogens (tertiary/aromatic N) is 4. The first-order chi connectivity index (χ1) is 38.5. The molecule has 0 bridgehead atoms. The fourth-order valence-electron chi connectivity index (χ4n) is 8.44. The van der Waals surface area contributed by atoms with Gasteiger partial charge in [-0.05, 0) is 125 Å².